The number of hydrogen-bond donors (Lipinski definition) is 0. The van der Waals surface area contributed by atoms with Crippen LogP contribution in [0.3, 0.4) is 0 Å². The summed E-state index contributed by atoms with van der Waals surface area (Å²) in [5, 5.41) is 0. The molecular weight excluding hydrogens is 436 g/mol. The molecular formula is C26H33BrN2O. The van der Waals surface area contributed by atoms with Crippen LogP contribution in [0.1, 0.15) is 49.3 Å². The molecule has 0 bridgehead atoms. The number of likely N-dealkylation sites (tertiary alicyclic amines) is 2. The Hall–Kier alpha value is -1.65. The summed E-state index contributed by atoms with van der Waals surface area (Å²) in [4.78, 5) is 16.9. The Bertz CT molecular complexity index is 876. The van der Waals surface area contributed by atoms with E-state index in [1.54, 1.807) is 6.92 Å². The Kier molecular flexibility index (Phi) is 6.64. The molecule has 3 nitrogen and oxygen atoms in total. The van der Waals surface area contributed by atoms with E-state index in [0.29, 0.717) is 5.92 Å². The third kappa shape index (κ3) is 4.50. The lowest BCUT2D eigenvalue weighted by Gasteiger charge is -2.50. The number of halogens is 1. The molecule has 0 aliphatic carbocycles. The van der Waals surface area contributed by atoms with E-state index < -0.39 is 0 Å². The average Bonchev–Trinajstić information content (AvgIpc) is 2.77. The lowest BCUT2D eigenvalue weighted by molar-refractivity contribution is -0.132. The highest BCUT2D eigenvalue weighted by molar-refractivity contribution is 9.10. The predicted octanol–water partition coefficient (Wildman–Crippen LogP) is 5.55. The molecule has 0 aromatic heterocycles. The van der Waals surface area contributed by atoms with Gasteiger partial charge in [0.2, 0.25) is 5.91 Å². The van der Waals surface area contributed by atoms with E-state index in [2.05, 4.69) is 81.2 Å². The summed E-state index contributed by atoms with van der Waals surface area (Å²) >= 11 is 3.61. The summed E-state index contributed by atoms with van der Waals surface area (Å²) in [6, 6.07) is 17.7. The Balaban J connectivity index is 1.49. The summed E-state index contributed by atoms with van der Waals surface area (Å²) in [5.74, 6) is 0.850. The smallest absolute Gasteiger partial charge is 0.219 e. The Morgan fingerprint density at radius 2 is 1.83 bits per heavy atom. The van der Waals surface area contributed by atoms with Crippen molar-refractivity contribution in [3.05, 3.63) is 69.7 Å². The zero-order valence-corrected chi connectivity index (χ0v) is 19.8. The third-order valence-electron chi connectivity index (χ3n) is 7.32. The second-order valence-corrected chi connectivity index (χ2v) is 10.1. The van der Waals surface area contributed by atoms with Crippen molar-refractivity contribution in [3.8, 4) is 0 Å². The number of benzene rings is 2. The number of carbonyl (C=O) groups excluding carboxylic acids is 1. The molecule has 0 N–H and O–H groups in total. The standard InChI is InChI=1S/C26H33BrN2O/c1-20-17-22(9-10-25(20)27)18-28-15-11-24(12-16-28)26(23-7-4-3-5-8-23)13-6-14-29(19-26)21(2)30/h3-5,7-10,17,24H,6,11-16,18-19H2,1-2H3. The summed E-state index contributed by atoms with van der Waals surface area (Å²) < 4.78 is 1.18. The van der Waals surface area contributed by atoms with Crippen LogP contribution in [0.25, 0.3) is 0 Å². The lowest BCUT2D eigenvalue weighted by atomic mass is 9.62. The van der Waals surface area contributed by atoms with Crippen molar-refractivity contribution in [1.82, 2.24) is 9.80 Å². The summed E-state index contributed by atoms with van der Waals surface area (Å²) in [6.45, 7) is 8.97. The first-order valence-electron chi connectivity index (χ1n) is 11.3. The molecule has 2 aliphatic heterocycles. The van der Waals surface area contributed by atoms with Gasteiger partial charge in [-0.25, -0.2) is 0 Å². The number of amides is 1. The summed E-state index contributed by atoms with van der Waals surface area (Å²) in [5.41, 5.74) is 4.23. The van der Waals surface area contributed by atoms with Crippen LogP contribution in [-0.4, -0.2) is 41.9 Å². The van der Waals surface area contributed by atoms with Crippen molar-refractivity contribution >= 4 is 21.8 Å². The van der Waals surface area contributed by atoms with Crippen molar-refractivity contribution < 1.29 is 4.79 Å². The van der Waals surface area contributed by atoms with Gasteiger partial charge in [0.25, 0.3) is 0 Å². The maximum absolute atomic E-state index is 12.2. The Morgan fingerprint density at radius 1 is 1.10 bits per heavy atom. The van der Waals surface area contributed by atoms with Gasteiger partial charge in [0.1, 0.15) is 0 Å². The zero-order valence-electron chi connectivity index (χ0n) is 18.2. The molecule has 30 heavy (non-hydrogen) atoms. The topological polar surface area (TPSA) is 23.6 Å². The van der Waals surface area contributed by atoms with Gasteiger partial charge >= 0.3 is 0 Å². The molecule has 4 heteroatoms. The molecule has 0 spiro atoms. The highest BCUT2D eigenvalue weighted by Gasteiger charge is 2.44. The van der Waals surface area contributed by atoms with Gasteiger partial charge in [-0.3, -0.25) is 9.69 Å². The van der Waals surface area contributed by atoms with Gasteiger partial charge in [-0.2, -0.15) is 0 Å². The van der Waals surface area contributed by atoms with Crippen LogP contribution >= 0.6 is 15.9 Å². The van der Waals surface area contributed by atoms with Crippen LogP contribution in [0, 0.1) is 12.8 Å². The van der Waals surface area contributed by atoms with Crippen molar-refractivity contribution in [2.45, 2.75) is 51.5 Å². The van der Waals surface area contributed by atoms with Crippen LogP contribution in [0.4, 0.5) is 0 Å². The number of rotatable bonds is 4. The molecule has 1 unspecified atom stereocenters. The number of hydrogen-bond acceptors (Lipinski definition) is 2. The largest absolute Gasteiger partial charge is 0.342 e. The second kappa shape index (κ2) is 9.23. The van der Waals surface area contributed by atoms with Crippen LogP contribution in [0.2, 0.25) is 0 Å². The maximum atomic E-state index is 12.2. The van der Waals surface area contributed by atoms with Crippen LogP contribution in [0.15, 0.2) is 53.0 Å². The first-order chi connectivity index (χ1) is 14.5. The van der Waals surface area contributed by atoms with E-state index in [1.165, 1.54) is 40.4 Å². The normalized spacial score (nSPS) is 23.5. The molecule has 2 aliphatic rings. The van der Waals surface area contributed by atoms with E-state index in [4.69, 9.17) is 0 Å². The highest BCUT2D eigenvalue weighted by Crippen LogP contribution is 2.45. The second-order valence-electron chi connectivity index (χ2n) is 9.20. The predicted molar refractivity (Wildman–Crippen MR) is 126 cm³/mol. The fourth-order valence-corrected chi connectivity index (χ4v) is 5.88. The van der Waals surface area contributed by atoms with Crippen molar-refractivity contribution in [1.29, 1.82) is 0 Å². The molecule has 2 fully saturated rings. The Morgan fingerprint density at radius 3 is 2.50 bits per heavy atom. The van der Waals surface area contributed by atoms with E-state index >= 15 is 0 Å². The van der Waals surface area contributed by atoms with Crippen LogP contribution < -0.4 is 0 Å². The van der Waals surface area contributed by atoms with Gasteiger partial charge < -0.3 is 4.90 Å². The molecule has 160 valence electrons. The summed E-state index contributed by atoms with van der Waals surface area (Å²) in [6.07, 6.45) is 4.70. The minimum absolute atomic E-state index is 0.103. The van der Waals surface area contributed by atoms with Gasteiger partial charge in [0.05, 0.1) is 0 Å². The van der Waals surface area contributed by atoms with Gasteiger partial charge in [-0.05, 0) is 74.4 Å². The molecule has 2 saturated heterocycles. The number of carbonyl (C=O) groups is 1. The molecule has 1 amide bonds. The number of aryl methyl sites for hydroxylation is 1. The molecule has 4 rings (SSSR count). The SMILES string of the molecule is CC(=O)N1CCCC(c2ccccc2)(C2CCN(Cc3ccc(Br)c(C)c3)CC2)C1. The maximum Gasteiger partial charge on any atom is 0.219 e. The quantitative estimate of drug-likeness (QED) is 0.586. The first kappa shape index (κ1) is 21.6. The molecule has 2 aromatic rings. The van der Waals surface area contributed by atoms with Crippen molar-refractivity contribution in [3.63, 3.8) is 0 Å². The summed E-state index contributed by atoms with van der Waals surface area (Å²) in [7, 11) is 0. The monoisotopic (exact) mass is 468 g/mol. The number of piperidine rings is 2. The highest BCUT2D eigenvalue weighted by atomic mass is 79.9. The third-order valence-corrected chi connectivity index (χ3v) is 8.21. The molecule has 2 aromatic carbocycles. The minimum atomic E-state index is 0.103. The van der Waals surface area contributed by atoms with Gasteiger partial charge in [-0.15, -0.1) is 0 Å². The fraction of sp³-hybridized carbons (Fsp3) is 0.500. The Labute approximate surface area is 189 Å². The van der Waals surface area contributed by atoms with Gasteiger partial charge in [0, 0.05) is 36.4 Å². The van der Waals surface area contributed by atoms with E-state index in [-0.39, 0.29) is 11.3 Å². The molecule has 2 heterocycles. The lowest BCUT2D eigenvalue weighted by Crippen LogP contribution is -2.53. The number of nitrogens with zero attached hydrogens (tertiary/aromatic N) is 2. The van der Waals surface area contributed by atoms with Crippen molar-refractivity contribution in [2.75, 3.05) is 26.2 Å². The minimum Gasteiger partial charge on any atom is -0.342 e. The average molecular weight is 469 g/mol. The van der Waals surface area contributed by atoms with Gasteiger partial charge in [0.15, 0.2) is 0 Å². The molecule has 0 radical (unpaired) electrons. The van der Waals surface area contributed by atoms with E-state index in [0.717, 1.165) is 39.1 Å². The van der Waals surface area contributed by atoms with Crippen LogP contribution in [-0.2, 0) is 16.8 Å². The van der Waals surface area contributed by atoms with Crippen LogP contribution in [0.5, 0.6) is 0 Å². The van der Waals surface area contributed by atoms with E-state index in [1.807, 2.05) is 0 Å². The fourth-order valence-electron chi connectivity index (χ4n) is 5.63. The zero-order chi connectivity index (χ0) is 21.1. The van der Waals surface area contributed by atoms with Gasteiger partial charge in [-0.1, -0.05) is 58.4 Å². The first-order valence-corrected chi connectivity index (χ1v) is 12.1. The molecule has 1 atom stereocenters. The van der Waals surface area contributed by atoms with Crippen molar-refractivity contribution in [2.24, 2.45) is 5.92 Å². The van der Waals surface area contributed by atoms with E-state index in [9.17, 15) is 4.79 Å². The molecule has 0 saturated carbocycles.